The van der Waals surface area contributed by atoms with E-state index in [9.17, 15) is 0 Å². The highest BCUT2D eigenvalue weighted by molar-refractivity contribution is 5.30. The molecule has 2 heteroatoms. The van der Waals surface area contributed by atoms with Gasteiger partial charge >= 0.3 is 0 Å². The van der Waals surface area contributed by atoms with Crippen LogP contribution in [0.3, 0.4) is 0 Å². The third-order valence-corrected chi connectivity index (χ3v) is 4.49. The number of benzene rings is 1. The van der Waals surface area contributed by atoms with Gasteiger partial charge in [-0.1, -0.05) is 31.9 Å². The van der Waals surface area contributed by atoms with Crippen molar-refractivity contribution in [1.29, 1.82) is 0 Å². The van der Waals surface area contributed by atoms with E-state index in [0.717, 1.165) is 24.1 Å². The van der Waals surface area contributed by atoms with Gasteiger partial charge in [-0.25, -0.2) is 0 Å². The Morgan fingerprint density at radius 3 is 2.76 bits per heavy atom. The maximum atomic E-state index is 5.79. The van der Waals surface area contributed by atoms with Crippen molar-refractivity contribution in [2.45, 2.75) is 65.5 Å². The van der Waals surface area contributed by atoms with E-state index in [-0.39, 0.29) is 6.10 Å². The average Bonchev–Trinajstić information content (AvgIpc) is 2.44. The molecule has 1 saturated carbocycles. The van der Waals surface area contributed by atoms with E-state index in [1.165, 1.54) is 31.2 Å². The topological polar surface area (TPSA) is 21.3 Å². The molecular weight excluding hydrogens is 258 g/mol. The molecule has 2 nitrogen and oxygen atoms in total. The maximum Gasteiger partial charge on any atom is 0.120 e. The van der Waals surface area contributed by atoms with Crippen LogP contribution in [0.2, 0.25) is 0 Å². The highest BCUT2D eigenvalue weighted by Crippen LogP contribution is 2.28. The summed E-state index contributed by atoms with van der Waals surface area (Å²) in [5, 5.41) is 3.71. The number of rotatable bonds is 6. The van der Waals surface area contributed by atoms with Gasteiger partial charge in [0.15, 0.2) is 0 Å². The van der Waals surface area contributed by atoms with Crippen molar-refractivity contribution in [3.8, 4) is 5.75 Å². The highest BCUT2D eigenvalue weighted by Gasteiger charge is 2.19. The Morgan fingerprint density at radius 2 is 2.05 bits per heavy atom. The SMILES string of the molecule is CC1CCCC(CNC(C)c2cccc(OC(C)C)c2)C1. The first-order valence-corrected chi connectivity index (χ1v) is 8.54. The molecular formula is C19H31NO. The van der Waals surface area contributed by atoms with Crippen LogP contribution in [0.4, 0.5) is 0 Å². The summed E-state index contributed by atoms with van der Waals surface area (Å²) in [5.74, 6) is 2.73. The number of hydrogen-bond donors (Lipinski definition) is 1. The molecule has 1 aromatic rings. The third kappa shape index (κ3) is 5.35. The molecule has 118 valence electrons. The minimum atomic E-state index is 0.229. The van der Waals surface area contributed by atoms with E-state index in [1.807, 2.05) is 6.07 Å². The van der Waals surface area contributed by atoms with Crippen molar-refractivity contribution < 1.29 is 4.74 Å². The second-order valence-electron chi connectivity index (χ2n) is 7.01. The first-order chi connectivity index (χ1) is 10.0. The molecule has 2 rings (SSSR count). The zero-order valence-corrected chi connectivity index (χ0v) is 14.1. The van der Waals surface area contributed by atoms with Crippen molar-refractivity contribution >= 4 is 0 Å². The van der Waals surface area contributed by atoms with Gasteiger partial charge in [-0.2, -0.15) is 0 Å². The fraction of sp³-hybridized carbons (Fsp3) is 0.684. The summed E-state index contributed by atoms with van der Waals surface area (Å²) in [6.07, 6.45) is 5.82. The van der Waals surface area contributed by atoms with Crippen LogP contribution in [-0.4, -0.2) is 12.6 Å². The molecule has 0 bridgehead atoms. The van der Waals surface area contributed by atoms with Gasteiger partial charge in [0.25, 0.3) is 0 Å². The number of nitrogens with one attached hydrogen (secondary N) is 1. The molecule has 3 atom stereocenters. The number of hydrogen-bond acceptors (Lipinski definition) is 2. The fourth-order valence-corrected chi connectivity index (χ4v) is 3.34. The van der Waals surface area contributed by atoms with Crippen LogP contribution < -0.4 is 10.1 Å². The zero-order valence-electron chi connectivity index (χ0n) is 14.1. The van der Waals surface area contributed by atoms with Crippen molar-refractivity contribution in [3.63, 3.8) is 0 Å². The molecule has 0 spiro atoms. The van der Waals surface area contributed by atoms with Crippen LogP contribution in [0, 0.1) is 11.8 Å². The minimum Gasteiger partial charge on any atom is -0.491 e. The Bertz CT molecular complexity index is 429. The second kappa shape index (κ2) is 7.84. The van der Waals surface area contributed by atoms with Gasteiger partial charge in [-0.15, -0.1) is 0 Å². The molecule has 1 aliphatic rings. The molecule has 1 aromatic carbocycles. The Hall–Kier alpha value is -1.02. The average molecular weight is 289 g/mol. The fourth-order valence-electron chi connectivity index (χ4n) is 3.34. The number of ether oxygens (including phenoxy) is 1. The second-order valence-corrected chi connectivity index (χ2v) is 7.01. The summed E-state index contributed by atoms with van der Waals surface area (Å²) in [7, 11) is 0. The molecule has 0 saturated heterocycles. The molecule has 0 radical (unpaired) electrons. The van der Waals surface area contributed by atoms with Crippen LogP contribution in [0.25, 0.3) is 0 Å². The largest absolute Gasteiger partial charge is 0.491 e. The molecule has 3 unspecified atom stereocenters. The highest BCUT2D eigenvalue weighted by atomic mass is 16.5. The van der Waals surface area contributed by atoms with Crippen LogP contribution >= 0.6 is 0 Å². The van der Waals surface area contributed by atoms with Gasteiger partial charge in [0.1, 0.15) is 5.75 Å². The smallest absolute Gasteiger partial charge is 0.120 e. The van der Waals surface area contributed by atoms with Gasteiger partial charge in [0.2, 0.25) is 0 Å². The maximum absolute atomic E-state index is 5.79. The first kappa shape index (κ1) is 16.4. The van der Waals surface area contributed by atoms with Crippen LogP contribution in [-0.2, 0) is 0 Å². The predicted molar refractivity (Wildman–Crippen MR) is 89.7 cm³/mol. The third-order valence-electron chi connectivity index (χ3n) is 4.49. The van der Waals surface area contributed by atoms with Crippen LogP contribution in [0.15, 0.2) is 24.3 Å². The standard InChI is InChI=1S/C19H31NO/c1-14(2)21-19-10-6-9-18(12-19)16(4)20-13-17-8-5-7-15(3)11-17/h6,9-10,12,14-17,20H,5,7-8,11,13H2,1-4H3. The van der Waals surface area contributed by atoms with Crippen molar-refractivity contribution in [2.24, 2.45) is 11.8 Å². The first-order valence-electron chi connectivity index (χ1n) is 8.54. The molecule has 0 aliphatic heterocycles. The van der Waals surface area contributed by atoms with Crippen molar-refractivity contribution in [2.75, 3.05) is 6.54 Å². The molecule has 21 heavy (non-hydrogen) atoms. The molecule has 0 amide bonds. The summed E-state index contributed by atoms with van der Waals surface area (Å²) in [6, 6.07) is 8.88. The predicted octanol–water partition coefficient (Wildman–Crippen LogP) is 4.95. The normalized spacial score (nSPS) is 24.0. The Balaban J connectivity index is 1.86. The molecule has 0 heterocycles. The summed E-state index contributed by atoms with van der Waals surface area (Å²) in [6.45, 7) is 9.92. The Morgan fingerprint density at radius 1 is 1.24 bits per heavy atom. The molecule has 1 aliphatic carbocycles. The minimum absolute atomic E-state index is 0.229. The van der Waals surface area contributed by atoms with E-state index in [1.54, 1.807) is 0 Å². The van der Waals surface area contributed by atoms with Gasteiger partial charge in [-0.3, -0.25) is 0 Å². The lowest BCUT2D eigenvalue weighted by Gasteiger charge is -2.28. The van der Waals surface area contributed by atoms with Crippen LogP contribution in [0.5, 0.6) is 5.75 Å². The molecule has 0 aromatic heterocycles. The van der Waals surface area contributed by atoms with Gasteiger partial charge in [0.05, 0.1) is 6.10 Å². The monoisotopic (exact) mass is 289 g/mol. The lowest BCUT2D eigenvalue weighted by atomic mass is 9.82. The summed E-state index contributed by atoms with van der Waals surface area (Å²) in [4.78, 5) is 0. The van der Waals surface area contributed by atoms with Gasteiger partial charge in [0, 0.05) is 6.04 Å². The zero-order chi connectivity index (χ0) is 15.2. The summed E-state index contributed by atoms with van der Waals surface area (Å²) >= 11 is 0. The van der Waals surface area contributed by atoms with E-state index in [2.05, 4.69) is 51.2 Å². The van der Waals surface area contributed by atoms with E-state index in [0.29, 0.717) is 6.04 Å². The summed E-state index contributed by atoms with van der Waals surface area (Å²) < 4.78 is 5.79. The van der Waals surface area contributed by atoms with Crippen LogP contribution in [0.1, 0.15) is 65.0 Å². The van der Waals surface area contributed by atoms with E-state index in [4.69, 9.17) is 4.74 Å². The van der Waals surface area contributed by atoms with Crippen molar-refractivity contribution in [3.05, 3.63) is 29.8 Å². The lowest BCUT2D eigenvalue weighted by Crippen LogP contribution is -2.28. The van der Waals surface area contributed by atoms with E-state index < -0.39 is 0 Å². The quantitative estimate of drug-likeness (QED) is 0.800. The lowest BCUT2D eigenvalue weighted by molar-refractivity contribution is 0.242. The van der Waals surface area contributed by atoms with E-state index >= 15 is 0 Å². The molecule has 1 fully saturated rings. The van der Waals surface area contributed by atoms with Gasteiger partial charge < -0.3 is 10.1 Å². The summed E-state index contributed by atoms with van der Waals surface area (Å²) in [5.41, 5.74) is 1.32. The Kier molecular flexibility index (Phi) is 6.10. The van der Waals surface area contributed by atoms with Crippen molar-refractivity contribution in [1.82, 2.24) is 5.32 Å². The van der Waals surface area contributed by atoms with Gasteiger partial charge in [-0.05, 0) is 69.7 Å². The Labute approximate surface area is 130 Å². The molecule has 1 N–H and O–H groups in total.